The lowest BCUT2D eigenvalue weighted by Gasteiger charge is -2.35. The van der Waals surface area contributed by atoms with E-state index in [0.29, 0.717) is 0 Å². The molecule has 0 spiro atoms. The van der Waals surface area contributed by atoms with E-state index >= 15 is 0 Å². The first-order valence-electron chi connectivity index (χ1n) is 10.5. The molecular weight excluding hydrogens is 438 g/mol. The average Bonchev–Trinajstić information content (AvgIpc) is 3.60. The summed E-state index contributed by atoms with van der Waals surface area (Å²) in [4.78, 5) is 18.8. The number of anilines is 1. The van der Waals surface area contributed by atoms with Crippen molar-refractivity contribution < 1.29 is 0 Å². The van der Waals surface area contributed by atoms with Crippen LogP contribution in [0.5, 0.6) is 0 Å². The lowest BCUT2D eigenvalue weighted by atomic mass is 10.2. The second-order valence-corrected chi connectivity index (χ2v) is 9.38. The van der Waals surface area contributed by atoms with Crippen LogP contribution >= 0.6 is 22.7 Å². The van der Waals surface area contributed by atoms with E-state index in [4.69, 9.17) is 4.98 Å². The first-order valence-corrected chi connectivity index (χ1v) is 12.4. The number of thiazole rings is 1. The third-order valence-corrected chi connectivity index (χ3v) is 7.35. The van der Waals surface area contributed by atoms with Gasteiger partial charge in [-0.2, -0.15) is 16.4 Å². The fraction of sp³-hybridized carbons (Fsp3) is 0.217. The van der Waals surface area contributed by atoms with Crippen molar-refractivity contribution in [3.05, 3.63) is 70.8 Å². The summed E-state index contributed by atoms with van der Waals surface area (Å²) in [7, 11) is 0. The summed E-state index contributed by atoms with van der Waals surface area (Å²) in [6.07, 6.45) is 3.53. The number of aromatic nitrogens is 5. The lowest BCUT2D eigenvalue weighted by Crippen LogP contribution is -2.46. The third kappa shape index (κ3) is 3.68. The molecule has 0 bridgehead atoms. The Labute approximate surface area is 193 Å². The molecule has 5 heterocycles. The zero-order chi connectivity index (χ0) is 21.3. The van der Waals surface area contributed by atoms with Gasteiger partial charge in [0.05, 0.1) is 23.0 Å². The van der Waals surface area contributed by atoms with E-state index in [2.05, 4.69) is 47.1 Å². The van der Waals surface area contributed by atoms with Gasteiger partial charge in [0.25, 0.3) is 0 Å². The fourth-order valence-electron chi connectivity index (χ4n) is 4.09. The van der Waals surface area contributed by atoms with Gasteiger partial charge >= 0.3 is 0 Å². The minimum Gasteiger partial charge on any atom is -0.353 e. The first-order chi connectivity index (χ1) is 15.8. The Morgan fingerprint density at radius 3 is 2.62 bits per heavy atom. The van der Waals surface area contributed by atoms with Gasteiger partial charge in [-0.15, -0.1) is 11.3 Å². The monoisotopic (exact) mass is 459 g/mol. The smallest absolute Gasteiger partial charge is 0.168 e. The topological polar surface area (TPSA) is 63.0 Å². The Kier molecular flexibility index (Phi) is 5.14. The van der Waals surface area contributed by atoms with Crippen LogP contribution in [-0.4, -0.2) is 55.8 Å². The van der Waals surface area contributed by atoms with Gasteiger partial charge in [0.2, 0.25) is 0 Å². The molecule has 0 radical (unpaired) electrons. The predicted octanol–water partition coefficient (Wildman–Crippen LogP) is 4.32. The summed E-state index contributed by atoms with van der Waals surface area (Å²) in [6.45, 7) is 4.68. The zero-order valence-electron chi connectivity index (χ0n) is 17.3. The van der Waals surface area contributed by atoms with Crippen molar-refractivity contribution in [3.8, 4) is 16.3 Å². The summed E-state index contributed by atoms with van der Waals surface area (Å²) < 4.78 is 1.88. The highest BCUT2D eigenvalue weighted by Gasteiger charge is 2.22. The molecule has 6 rings (SSSR count). The van der Waals surface area contributed by atoms with E-state index in [0.717, 1.165) is 66.0 Å². The molecule has 0 atom stereocenters. The molecule has 7 nitrogen and oxygen atoms in total. The molecular formula is C23H21N7S2. The molecule has 0 saturated carbocycles. The summed E-state index contributed by atoms with van der Waals surface area (Å²) in [5.41, 5.74) is 4.22. The van der Waals surface area contributed by atoms with Gasteiger partial charge < -0.3 is 4.90 Å². The molecule has 5 aromatic rings. The Bertz CT molecular complexity index is 1320. The number of hydrogen-bond donors (Lipinski definition) is 0. The van der Waals surface area contributed by atoms with E-state index in [1.54, 1.807) is 29.0 Å². The van der Waals surface area contributed by atoms with Gasteiger partial charge in [-0.3, -0.25) is 4.90 Å². The van der Waals surface area contributed by atoms with Gasteiger partial charge in [0.1, 0.15) is 17.2 Å². The number of para-hydroxylation sites is 1. The van der Waals surface area contributed by atoms with Crippen molar-refractivity contribution in [3.63, 3.8) is 0 Å². The first kappa shape index (κ1) is 19.5. The number of rotatable bonds is 5. The van der Waals surface area contributed by atoms with Crippen molar-refractivity contribution in [2.45, 2.75) is 6.54 Å². The molecule has 1 aliphatic heterocycles. The van der Waals surface area contributed by atoms with Crippen LogP contribution in [0.2, 0.25) is 0 Å². The van der Waals surface area contributed by atoms with Gasteiger partial charge in [-0.1, -0.05) is 18.2 Å². The quantitative estimate of drug-likeness (QED) is 0.390. The number of piperazine rings is 1. The van der Waals surface area contributed by atoms with E-state index in [9.17, 15) is 0 Å². The molecule has 160 valence electrons. The van der Waals surface area contributed by atoms with Crippen molar-refractivity contribution in [2.75, 3.05) is 31.1 Å². The molecule has 32 heavy (non-hydrogen) atoms. The molecule has 1 aliphatic rings. The van der Waals surface area contributed by atoms with Crippen molar-refractivity contribution in [1.29, 1.82) is 0 Å². The summed E-state index contributed by atoms with van der Waals surface area (Å²) in [6, 6.07) is 12.2. The van der Waals surface area contributed by atoms with Crippen LogP contribution in [0.1, 0.15) is 5.69 Å². The standard InChI is InChI=1S/C23H21N7S2/c1-2-4-19(5-3-1)30-22-20(12-26-30)21(24-16-25-22)29-9-7-28(8-10-29)13-18-15-32-23(27-18)17-6-11-31-14-17/h1-6,11-12,14-16H,7-10,13H2. The molecule has 0 unspecified atom stereocenters. The number of fused-ring (bicyclic) bond motifs is 1. The molecule has 0 amide bonds. The number of benzene rings is 1. The van der Waals surface area contributed by atoms with E-state index in [-0.39, 0.29) is 0 Å². The van der Waals surface area contributed by atoms with Crippen molar-refractivity contribution in [2.24, 2.45) is 0 Å². The summed E-state index contributed by atoms with van der Waals surface area (Å²) >= 11 is 3.44. The number of hydrogen-bond acceptors (Lipinski definition) is 8. The Balaban J connectivity index is 1.16. The molecule has 1 fully saturated rings. The SMILES string of the molecule is c1ccc(-n2ncc3c(N4CCN(Cc5csc(-c6ccsc6)n5)CC4)ncnc32)cc1. The van der Waals surface area contributed by atoms with Crippen LogP contribution in [0.25, 0.3) is 27.3 Å². The Hall–Kier alpha value is -3.14. The van der Waals surface area contributed by atoms with Crippen molar-refractivity contribution >= 4 is 39.5 Å². The largest absolute Gasteiger partial charge is 0.353 e. The second kappa shape index (κ2) is 8.42. The second-order valence-electron chi connectivity index (χ2n) is 7.75. The summed E-state index contributed by atoms with van der Waals surface area (Å²) in [5.74, 6) is 0.963. The highest BCUT2D eigenvalue weighted by molar-refractivity contribution is 7.14. The minimum atomic E-state index is 0.840. The minimum absolute atomic E-state index is 0.840. The van der Waals surface area contributed by atoms with Crippen LogP contribution in [0, 0.1) is 0 Å². The molecule has 1 saturated heterocycles. The van der Waals surface area contributed by atoms with Crippen LogP contribution in [0.3, 0.4) is 0 Å². The highest BCUT2D eigenvalue weighted by Crippen LogP contribution is 2.28. The van der Waals surface area contributed by atoms with E-state index < -0.39 is 0 Å². The number of nitrogens with zero attached hydrogens (tertiary/aromatic N) is 7. The highest BCUT2D eigenvalue weighted by atomic mass is 32.1. The Morgan fingerprint density at radius 2 is 1.81 bits per heavy atom. The van der Waals surface area contributed by atoms with Gasteiger partial charge in [-0.05, 0) is 23.6 Å². The molecule has 1 aromatic carbocycles. The maximum absolute atomic E-state index is 4.83. The number of thiophene rings is 1. The normalized spacial score (nSPS) is 14.9. The van der Waals surface area contributed by atoms with Crippen LogP contribution in [0.4, 0.5) is 5.82 Å². The third-order valence-electron chi connectivity index (χ3n) is 5.72. The zero-order valence-corrected chi connectivity index (χ0v) is 19.0. The Morgan fingerprint density at radius 1 is 0.938 bits per heavy atom. The molecule has 9 heteroatoms. The van der Waals surface area contributed by atoms with Crippen LogP contribution in [0.15, 0.2) is 65.1 Å². The van der Waals surface area contributed by atoms with Gasteiger partial charge in [0, 0.05) is 49.0 Å². The predicted molar refractivity (Wildman–Crippen MR) is 130 cm³/mol. The lowest BCUT2D eigenvalue weighted by molar-refractivity contribution is 0.247. The molecule has 4 aromatic heterocycles. The van der Waals surface area contributed by atoms with Crippen LogP contribution < -0.4 is 4.90 Å². The van der Waals surface area contributed by atoms with Crippen LogP contribution in [-0.2, 0) is 6.54 Å². The maximum atomic E-state index is 4.83. The fourth-order valence-corrected chi connectivity index (χ4v) is 5.61. The van der Waals surface area contributed by atoms with E-state index in [1.165, 1.54) is 5.56 Å². The average molecular weight is 460 g/mol. The van der Waals surface area contributed by atoms with E-state index in [1.807, 2.05) is 41.2 Å². The molecule has 0 aliphatic carbocycles. The maximum Gasteiger partial charge on any atom is 0.168 e. The van der Waals surface area contributed by atoms with Gasteiger partial charge in [-0.25, -0.2) is 19.6 Å². The summed E-state index contributed by atoms with van der Waals surface area (Å²) in [5, 5.41) is 13.1. The molecule has 0 N–H and O–H groups in total. The van der Waals surface area contributed by atoms with Crippen molar-refractivity contribution in [1.82, 2.24) is 29.6 Å². The van der Waals surface area contributed by atoms with Gasteiger partial charge in [0.15, 0.2) is 5.65 Å².